The Morgan fingerprint density at radius 2 is 2.03 bits per heavy atom. The fraction of sp³-hybridized carbons (Fsp3) is 0.348. The van der Waals surface area contributed by atoms with Gasteiger partial charge in [-0.05, 0) is 49.6 Å². The number of hydrogen-bond acceptors (Lipinski definition) is 3. The van der Waals surface area contributed by atoms with Crippen LogP contribution < -0.4 is 10.2 Å². The third-order valence-electron chi connectivity index (χ3n) is 5.69. The number of rotatable bonds is 6. The second-order valence-corrected chi connectivity index (χ2v) is 7.72. The monoisotopic (exact) mass is 390 g/mol. The number of fused-ring (bicyclic) bond motifs is 1. The van der Waals surface area contributed by atoms with Crippen LogP contribution in [0.2, 0.25) is 0 Å². The Balaban J connectivity index is 1.29. The van der Waals surface area contributed by atoms with Gasteiger partial charge < -0.3 is 15.2 Å². The fourth-order valence-corrected chi connectivity index (χ4v) is 3.88. The summed E-state index contributed by atoms with van der Waals surface area (Å²) in [6.45, 7) is 5.07. The first-order valence-corrected chi connectivity index (χ1v) is 10.1. The number of H-pyrrole nitrogens is 1. The van der Waals surface area contributed by atoms with Gasteiger partial charge in [-0.15, -0.1) is 0 Å². The zero-order chi connectivity index (χ0) is 20.4. The molecular formula is C23H26N4O2. The molecule has 2 amide bonds. The van der Waals surface area contributed by atoms with Crippen LogP contribution >= 0.6 is 0 Å². The standard InChI is InChI=1S/C23H26N4O2/c1-15-7-5-10-20(16(15)2)27-14-17(13-22(27)28)23(29)24-12-6-11-21-25-18-8-3-4-9-19(18)26-21/h3-5,7-10,17H,6,11-14H2,1-2H3,(H,24,29)(H,25,26). The Bertz CT molecular complexity index is 1020. The van der Waals surface area contributed by atoms with Crippen molar-refractivity contribution in [3.8, 4) is 0 Å². The Labute approximate surface area is 170 Å². The number of imidazole rings is 1. The number of carbonyl (C=O) groups is 2. The number of aryl methyl sites for hydroxylation is 2. The van der Waals surface area contributed by atoms with Crippen molar-refractivity contribution in [2.75, 3.05) is 18.0 Å². The van der Waals surface area contributed by atoms with Gasteiger partial charge in [-0.25, -0.2) is 4.98 Å². The molecule has 4 rings (SSSR count). The topological polar surface area (TPSA) is 78.1 Å². The first kappa shape index (κ1) is 19.2. The molecule has 0 saturated carbocycles. The van der Waals surface area contributed by atoms with E-state index in [9.17, 15) is 9.59 Å². The van der Waals surface area contributed by atoms with Crippen molar-refractivity contribution in [1.29, 1.82) is 0 Å². The molecule has 1 fully saturated rings. The Hall–Kier alpha value is -3.15. The predicted molar refractivity (Wildman–Crippen MR) is 114 cm³/mol. The molecule has 1 atom stereocenters. The number of aromatic amines is 1. The summed E-state index contributed by atoms with van der Waals surface area (Å²) in [7, 11) is 0. The van der Waals surface area contributed by atoms with Gasteiger partial charge in [-0.3, -0.25) is 9.59 Å². The van der Waals surface area contributed by atoms with Gasteiger partial charge in [0.1, 0.15) is 5.82 Å². The maximum absolute atomic E-state index is 12.6. The van der Waals surface area contributed by atoms with Crippen molar-refractivity contribution >= 4 is 28.5 Å². The van der Waals surface area contributed by atoms with Crippen LogP contribution in [0.25, 0.3) is 11.0 Å². The quantitative estimate of drug-likeness (QED) is 0.634. The first-order chi connectivity index (χ1) is 14.0. The van der Waals surface area contributed by atoms with Gasteiger partial charge in [-0.1, -0.05) is 24.3 Å². The molecule has 3 aromatic rings. The number of aromatic nitrogens is 2. The summed E-state index contributed by atoms with van der Waals surface area (Å²) < 4.78 is 0. The van der Waals surface area contributed by atoms with E-state index in [1.165, 1.54) is 0 Å². The number of carbonyl (C=O) groups excluding carboxylic acids is 2. The zero-order valence-electron chi connectivity index (χ0n) is 16.9. The molecule has 6 heteroatoms. The third kappa shape index (κ3) is 4.01. The highest BCUT2D eigenvalue weighted by Crippen LogP contribution is 2.29. The van der Waals surface area contributed by atoms with Crippen LogP contribution in [0.5, 0.6) is 0 Å². The second kappa shape index (κ2) is 8.07. The summed E-state index contributed by atoms with van der Waals surface area (Å²) in [5, 5.41) is 2.99. The molecule has 2 N–H and O–H groups in total. The molecule has 0 bridgehead atoms. The Morgan fingerprint density at radius 1 is 1.21 bits per heavy atom. The molecular weight excluding hydrogens is 364 g/mol. The molecule has 6 nitrogen and oxygen atoms in total. The van der Waals surface area contributed by atoms with E-state index in [4.69, 9.17) is 0 Å². The van der Waals surface area contributed by atoms with Crippen LogP contribution in [0.1, 0.15) is 29.8 Å². The lowest BCUT2D eigenvalue weighted by Crippen LogP contribution is -2.33. The molecule has 29 heavy (non-hydrogen) atoms. The third-order valence-corrected chi connectivity index (χ3v) is 5.69. The van der Waals surface area contributed by atoms with E-state index in [0.29, 0.717) is 13.1 Å². The number of anilines is 1. The number of nitrogens with one attached hydrogen (secondary N) is 2. The number of benzene rings is 2. The van der Waals surface area contributed by atoms with Crippen LogP contribution in [0.4, 0.5) is 5.69 Å². The minimum atomic E-state index is -0.298. The molecule has 0 radical (unpaired) electrons. The minimum Gasteiger partial charge on any atom is -0.356 e. The van der Waals surface area contributed by atoms with Crippen LogP contribution in [0.3, 0.4) is 0 Å². The largest absolute Gasteiger partial charge is 0.356 e. The smallest absolute Gasteiger partial charge is 0.227 e. The van der Waals surface area contributed by atoms with Crippen LogP contribution in [0.15, 0.2) is 42.5 Å². The summed E-state index contributed by atoms with van der Waals surface area (Å²) in [5.74, 6) is 0.600. The fourth-order valence-electron chi connectivity index (χ4n) is 3.88. The van der Waals surface area contributed by atoms with Crippen LogP contribution in [0, 0.1) is 19.8 Å². The van der Waals surface area contributed by atoms with Gasteiger partial charge in [0.15, 0.2) is 0 Å². The van der Waals surface area contributed by atoms with Gasteiger partial charge in [0.25, 0.3) is 0 Å². The summed E-state index contributed by atoms with van der Waals surface area (Å²) in [4.78, 5) is 34.7. The van der Waals surface area contributed by atoms with Crippen molar-refractivity contribution in [2.24, 2.45) is 5.92 Å². The lowest BCUT2D eigenvalue weighted by Gasteiger charge is -2.20. The van der Waals surface area contributed by atoms with Crippen LogP contribution in [-0.4, -0.2) is 34.9 Å². The highest BCUT2D eigenvalue weighted by atomic mass is 16.2. The van der Waals surface area contributed by atoms with Crippen molar-refractivity contribution in [3.05, 3.63) is 59.4 Å². The lowest BCUT2D eigenvalue weighted by atomic mass is 10.1. The van der Waals surface area contributed by atoms with E-state index in [1.807, 2.05) is 56.3 Å². The molecule has 150 valence electrons. The molecule has 1 aliphatic rings. The molecule has 2 aromatic carbocycles. The van der Waals surface area contributed by atoms with E-state index >= 15 is 0 Å². The van der Waals surface area contributed by atoms with E-state index < -0.39 is 0 Å². The van der Waals surface area contributed by atoms with Gasteiger partial charge in [0.2, 0.25) is 11.8 Å². The highest BCUT2D eigenvalue weighted by molar-refractivity contribution is 6.00. The Kier molecular flexibility index (Phi) is 5.34. The molecule has 2 heterocycles. The molecule has 1 saturated heterocycles. The van der Waals surface area contributed by atoms with Crippen molar-refractivity contribution in [2.45, 2.75) is 33.1 Å². The van der Waals surface area contributed by atoms with E-state index in [1.54, 1.807) is 4.90 Å². The molecule has 0 aliphatic carbocycles. The normalized spacial score (nSPS) is 16.6. The maximum atomic E-state index is 12.6. The maximum Gasteiger partial charge on any atom is 0.227 e. The summed E-state index contributed by atoms with van der Waals surface area (Å²) in [6, 6.07) is 13.9. The van der Waals surface area contributed by atoms with E-state index in [0.717, 1.165) is 46.5 Å². The summed E-state index contributed by atoms with van der Waals surface area (Å²) in [5.41, 5.74) is 5.14. The number of amides is 2. The van der Waals surface area contributed by atoms with Crippen molar-refractivity contribution < 1.29 is 9.59 Å². The first-order valence-electron chi connectivity index (χ1n) is 10.1. The highest BCUT2D eigenvalue weighted by Gasteiger charge is 2.35. The summed E-state index contributed by atoms with van der Waals surface area (Å²) >= 11 is 0. The van der Waals surface area contributed by atoms with Gasteiger partial charge in [0, 0.05) is 31.6 Å². The van der Waals surface area contributed by atoms with Gasteiger partial charge >= 0.3 is 0 Å². The molecule has 1 aromatic heterocycles. The van der Waals surface area contributed by atoms with E-state index in [2.05, 4.69) is 15.3 Å². The molecule has 1 unspecified atom stereocenters. The second-order valence-electron chi connectivity index (χ2n) is 7.72. The van der Waals surface area contributed by atoms with E-state index in [-0.39, 0.29) is 24.2 Å². The Morgan fingerprint density at radius 3 is 2.86 bits per heavy atom. The molecule has 0 spiro atoms. The zero-order valence-corrected chi connectivity index (χ0v) is 16.9. The summed E-state index contributed by atoms with van der Waals surface area (Å²) in [6.07, 6.45) is 1.84. The average molecular weight is 390 g/mol. The number of hydrogen-bond donors (Lipinski definition) is 2. The van der Waals surface area contributed by atoms with Crippen molar-refractivity contribution in [1.82, 2.24) is 15.3 Å². The van der Waals surface area contributed by atoms with Crippen LogP contribution in [-0.2, 0) is 16.0 Å². The van der Waals surface area contributed by atoms with Gasteiger partial charge in [-0.2, -0.15) is 0 Å². The predicted octanol–water partition coefficient (Wildman–Crippen LogP) is 3.28. The van der Waals surface area contributed by atoms with Crippen molar-refractivity contribution in [3.63, 3.8) is 0 Å². The number of para-hydroxylation sites is 2. The lowest BCUT2D eigenvalue weighted by molar-refractivity contribution is -0.126. The average Bonchev–Trinajstić information content (AvgIpc) is 3.30. The molecule has 1 aliphatic heterocycles. The number of nitrogens with zero attached hydrogens (tertiary/aromatic N) is 2. The van der Waals surface area contributed by atoms with Gasteiger partial charge in [0.05, 0.1) is 17.0 Å². The minimum absolute atomic E-state index is 0.0149. The SMILES string of the molecule is Cc1cccc(N2CC(C(=O)NCCCc3nc4ccccc4[nH]3)CC2=O)c1C.